The Labute approximate surface area is 144 Å². The van der Waals surface area contributed by atoms with Crippen molar-refractivity contribution in [2.24, 2.45) is 0 Å². The normalized spacial score (nSPS) is 18.9. The Morgan fingerprint density at radius 2 is 2.12 bits per heavy atom. The van der Waals surface area contributed by atoms with E-state index in [1.165, 1.54) is 12.3 Å². The third-order valence-corrected chi connectivity index (χ3v) is 5.83. The maximum Gasteiger partial charge on any atom is 0.227 e. The maximum atomic E-state index is 13.8. The van der Waals surface area contributed by atoms with E-state index in [2.05, 4.69) is 15.3 Å². The summed E-state index contributed by atoms with van der Waals surface area (Å²) >= 11 is 0. The first kappa shape index (κ1) is 17.5. The van der Waals surface area contributed by atoms with Crippen LogP contribution in [0.25, 0.3) is 0 Å². The highest BCUT2D eigenvalue weighted by atomic mass is 32.2. The number of nitrogens with one attached hydrogen (secondary N) is 1. The van der Waals surface area contributed by atoms with Gasteiger partial charge in [0.25, 0.3) is 0 Å². The van der Waals surface area contributed by atoms with Crippen LogP contribution in [0, 0.1) is 11.6 Å². The number of benzene rings is 1. The van der Waals surface area contributed by atoms with Crippen LogP contribution in [-0.4, -0.2) is 42.5 Å². The third kappa shape index (κ3) is 4.04. The first-order chi connectivity index (χ1) is 11.9. The number of hydrogen-bond acceptors (Lipinski definition) is 6. The molecular formula is C16H18F2N4O2S. The molecule has 0 radical (unpaired) electrons. The van der Waals surface area contributed by atoms with Crippen LogP contribution in [0.5, 0.6) is 0 Å². The van der Waals surface area contributed by atoms with E-state index in [0.29, 0.717) is 24.7 Å². The van der Waals surface area contributed by atoms with Gasteiger partial charge in [0.1, 0.15) is 17.5 Å². The van der Waals surface area contributed by atoms with Crippen molar-refractivity contribution in [3.63, 3.8) is 0 Å². The number of rotatable bonds is 5. The molecule has 1 fully saturated rings. The van der Waals surface area contributed by atoms with Crippen LogP contribution in [-0.2, 0) is 9.84 Å². The van der Waals surface area contributed by atoms with Gasteiger partial charge < -0.3 is 10.2 Å². The number of halogens is 2. The van der Waals surface area contributed by atoms with E-state index in [1.807, 2.05) is 11.8 Å². The minimum atomic E-state index is -3.02. The van der Waals surface area contributed by atoms with Crippen LogP contribution in [0.1, 0.15) is 13.3 Å². The summed E-state index contributed by atoms with van der Waals surface area (Å²) in [6.45, 7) is 2.45. The summed E-state index contributed by atoms with van der Waals surface area (Å²) in [5.41, 5.74) is 0.0949. The zero-order valence-electron chi connectivity index (χ0n) is 13.6. The number of sulfone groups is 1. The van der Waals surface area contributed by atoms with Crippen molar-refractivity contribution in [3.8, 4) is 0 Å². The van der Waals surface area contributed by atoms with Crippen molar-refractivity contribution in [1.29, 1.82) is 0 Å². The van der Waals surface area contributed by atoms with Gasteiger partial charge >= 0.3 is 0 Å². The Balaban J connectivity index is 1.82. The number of anilines is 3. The fourth-order valence-electron chi connectivity index (χ4n) is 2.87. The molecule has 0 amide bonds. The number of nitrogens with zero attached hydrogens (tertiary/aromatic N) is 3. The van der Waals surface area contributed by atoms with E-state index in [9.17, 15) is 17.2 Å². The summed E-state index contributed by atoms with van der Waals surface area (Å²) in [7, 11) is -3.02. The molecule has 1 aromatic heterocycles. The highest BCUT2D eigenvalue weighted by Crippen LogP contribution is 2.24. The van der Waals surface area contributed by atoms with Crippen molar-refractivity contribution < 1.29 is 17.2 Å². The summed E-state index contributed by atoms with van der Waals surface area (Å²) < 4.78 is 50.2. The second-order valence-electron chi connectivity index (χ2n) is 5.83. The van der Waals surface area contributed by atoms with Gasteiger partial charge in [-0.05, 0) is 31.5 Å². The fraction of sp³-hybridized carbons (Fsp3) is 0.375. The predicted octanol–water partition coefficient (Wildman–Crippen LogP) is 2.51. The van der Waals surface area contributed by atoms with Crippen LogP contribution in [0.15, 0.2) is 30.5 Å². The molecule has 134 valence electrons. The molecule has 0 bridgehead atoms. The Morgan fingerprint density at radius 3 is 2.76 bits per heavy atom. The monoisotopic (exact) mass is 368 g/mol. The summed E-state index contributed by atoms with van der Waals surface area (Å²) in [5, 5.41) is 2.79. The molecule has 6 nitrogen and oxygen atoms in total. The van der Waals surface area contributed by atoms with Crippen molar-refractivity contribution >= 4 is 27.3 Å². The van der Waals surface area contributed by atoms with Gasteiger partial charge in [0.15, 0.2) is 9.84 Å². The Kier molecular flexibility index (Phi) is 4.85. The van der Waals surface area contributed by atoms with Crippen molar-refractivity contribution in [3.05, 3.63) is 42.1 Å². The molecule has 1 aliphatic heterocycles. The number of aromatic nitrogens is 2. The number of hydrogen-bond donors (Lipinski definition) is 1. The first-order valence-electron chi connectivity index (χ1n) is 7.90. The van der Waals surface area contributed by atoms with Crippen LogP contribution >= 0.6 is 0 Å². The molecule has 0 spiro atoms. The van der Waals surface area contributed by atoms with Crippen molar-refractivity contribution in [1.82, 2.24) is 9.97 Å². The van der Waals surface area contributed by atoms with Crippen LogP contribution in [0.3, 0.4) is 0 Å². The Bertz CT molecular complexity index is 876. The summed E-state index contributed by atoms with van der Waals surface area (Å²) in [6.07, 6.45) is 2.04. The molecule has 2 aromatic rings. The smallest absolute Gasteiger partial charge is 0.227 e. The van der Waals surface area contributed by atoms with Gasteiger partial charge in [0.05, 0.1) is 17.2 Å². The van der Waals surface area contributed by atoms with Crippen molar-refractivity contribution in [2.75, 3.05) is 28.3 Å². The standard InChI is InChI=1S/C16H18F2N4O2S/c1-2-22(12-6-8-25(23,24)10-12)16-19-7-5-15(21-16)20-14-4-3-11(17)9-13(14)18/h3-5,7,9,12H,2,6,8,10H2,1H3,(H,19,20,21). The van der Waals surface area contributed by atoms with Gasteiger partial charge in [-0.25, -0.2) is 22.2 Å². The molecule has 1 aliphatic rings. The minimum absolute atomic E-state index is 0.0778. The molecule has 1 unspecified atom stereocenters. The second kappa shape index (κ2) is 6.91. The van der Waals surface area contributed by atoms with E-state index in [-0.39, 0.29) is 23.2 Å². The summed E-state index contributed by atoms with van der Waals surface area (Å²) in [4.78, 5) is 10.4. The quantitative estimate of drug-likeness (QED) is 0.874. The van der Waals surface area contributed by atoms with Crippen LogP contribution < -0.4 is 10.2 Å². The zero-order valence-corrected chi connectivity index (χ0v) is 14.4. The lowest BCUT2D eigenvalue weighted by Crippen LogP contribution is -2.37. The lowest BCUT2D eigenvalue weighted by molar-refractivity contribution is 0.585. The lowest BCUT2D eigenvalue weighted by atomic mass is 10.2. The zero-order chi connectivity index (χ0) is 18.0. The topological polar surface area (TPSA) is 75.2 Å². The molecule has 1 saturated heterocycles. The van der Waals surface area contributed by atoms with Gasteiger partial charge in [0.2, 0.25) is 5.95 Å². The summed E-state index contributed by atoms with van der Waals surface area (Å²) in [6, 6.07) is 4.60. The molecule has 1 N–H and O–H groups in total. The Hall–Kier alpha value is -2.29. The van der Waals surface area contributed by atoms with Gasteiger partial charge in [0, 0.05) is 24.8 Å². The third-order valence-electron chi connectivity index (χ3n) is 4.08. The van der Waals surface area contributed by atoms with E-state index >= 15 is 0 Å². The highest BCUT2D eigenvalue weighted by Gasteiger charge is 2.32. The predicted molar refractivity (Wildman–Crippen MR) is 91.8 cm³/mol. The SMILES string of the molecule is CCN(c1nccc(Nc2ccc(F)cc2F)n1)C1CCS(=O)(=O)C1. The molecular weight excluding hydrogens is 350 g/mol. The van der Waals surface area contributed by atoms with Gasteiger partial charge in [-0.1, -0.05) is 0 Å². The van der Waals surface area contributed by atoms with Crippen molar-refractivity contribution in [2.45, 2.75) is 19.4 Å². The largest absolute Gasteiger partial charge is 0.338 e. The van der Waals surface area contributed by atoms with E-state index in [4.69, 9.17) is 0 Å². The van der Waals surface area contributed by atoms with Gasteiger partial charge in [-0.15, -0.1) is 0 Å². The highest BCUT2D eigenvalue weighted by molar-refractivity contribution is 7.91. The first-order valence-corrected chi connectivity index (χ1v) is 9.72. The van der Waals surface area contributed by atoms with Crippen LogP contribution in [0.2, 0.25) is 0 Å². The average Bonchev–Trinajstić information content (AvgIpc) is 2.91. The average molecular weight is 368 g/mol. The molecule has 9 heteroatoms. The second-order valence-corrected chi connectivity index (χ2v) is 8.06. The Morgan fingerprint density at radius 1 is 1.32 bits per heavy atom. The van der Waals surface area contributed by atoms with Gasteiger partial charge in [-0.2, -0.15) is 4.98 Å². The molecule has 2 heterocycles. The molecule has 0 saturated carbocycles. The molecule has 25 heavy (non-hydrogen) atoms. The maximum absolute atomic E-state index is 13.8. The lowest BCUT2D eigenvalue weighted by Gasteiger charge is -2.26. The molecule has 1 atom stereocenters. The molecule has 1 aromatic carbocycles. The minimum Gasteiger partial charge on any atom is -0.338 e. The van der Waals surface area contributed by atoms with E-state index in [0.717, 1.165) is 12.1 Å². The molecule has 0 aliphatic carbocycles. The van der Waals surface area contributed by atoms with Crippen LogP contribution in [0.4, 0.5) is 26.2 Å². The fourth-order valence-corrected chi connectivity index (χ4v) is 4.60. The van der Waals surface area contributed by atoms with E-state index in [1.54, 1.807) is 6.07 Å². The summed E-state index contributed by atoms with van der Waals surface area (Å²) in [5.74, 6) is -0.436. The van der Waals surface area contributed by atoms with E-state index < -0.39 is 21.5 Å². The van der Waals surface area contributed by atoms with Gasteiger partial charge in [-0.3, -0.25) is 0 Å². The molecule has 3 rings (SSSR count).